The summed E-state index contributed by atoms with van der Waals surface area (Å²) < 4.78 is 12.8. The van der Waals surface area contributed by atoms with Crippen LogP contribution in [0.2, 0.25) is 0 Å². The fraction of sp³-hybridized carbons (Fsp3) is 0.333. The van der Waals surface area contributed by atoms with Crippen molar-refractivity contribution in [2.75, 3.05) is 24.3 Å². The predicted molar refractivity (Wildman–Crippen MR) is 57.6 cm³/mol. The number of alkyl halides is 1. The molecule has 0 aromatic heterocycles. The largest absolute Gasteiger partial charge is 0.397 e. The van der Waals surface area contributed by atoms with Gasteiger partial charge < -0.3 is 11.1 Å². The first-order chi connectivity index (χ1) is 6.24. The van der Waals surface area contributed by atoms with Crippen molar-refractivity contribution in [3.05, 3.63) is 22.7 Å². The van der Waals surface area contributed by atoms with E-state index >= 15 is 0 Å². The molecule has 0 fully saturated rings. The summed E-state index contributed by atoms with van der Waals surface area (Å²) in [5.41, 5.74) is 7.23. The molecule has 0 unspecified atom stereocenters. The number of hydrogen-bond acceptors (Lipinski definition) is 2. The van der Waals surface area contributed by atoms with Crippen molar-refractivity contribution >= 4 is 27.3 Å². The summed E-state index contributed by atoms with van der Waals surface area (Å²) in [5, 5.41) is 3.06. The molecule has 72 valence electrons. The lowest BCUT2D eigenvalue weighted by molar-refractivity contribution is 0.481. The topological polar surface area (TPSA) is 38.0 Å². The third-order valence-corrected chi connectivity index (χ3v) is 2.13. The first kappa shape index (κ1) is 10.3. The van der Waals surface area contributed by atoms with Gasteiger partial charge in [0.25, 0.3) is 0 Å². The molecule has 1 rings (SSSR count). The monoisotopic (exact) mass is 246 g/mol. The quantitative estimate of drug-likeness (QED) is 0.634. The predicted octanol–water partition coefficient (Wildman–Crippen LogP) is 2.80. The van der Waals surface area contributed by atoms with Gasteiger partial charge in [-0.15, -0.1) is 0 Å². The summed E-state index contributed by atoms with van der Waals surface area (Å²) in [6.45, 7) is 0.304. The van der Waals surface area contributed by atoms with Crippen LogP contribution in [0.5, 0.6) is 0 Å². The molecule has 0 bridgehead atoms. The average Bonchev–Trinajstić information content (AvgIpc) is 2.11. The Bertz CT molecular complexity index is 278. The number of nitrogens with two attached hydrogens (primary N) is 1. The molecular weight excluding hydrogens is 235 g/mol. The van der Waals surface area contributed by atoms with Crippen LogP contribution in [-0.4, -0.2) is 13.2 Å². The van der Waals surface area contributed by atoms with Crippen molar-refractivity contribution < 1.29 is 4.39 Å². The van der Waals surface area contributed by atoms with Crippen molar-refractivity contribution in [1.82, 2.24) is 0 Å². The molecule has 0 spiro atoms. The SMILES string of the molecule is Nc1ccc(Br)cc1NCCCF. The maximum Gasteiger partial charge on any atom is 0.0911 e. The molecule has 1 aromatic carbocycles. The molecule has 0 aliphatic rings. The van der Waals surface area contributed by atoms with E-state index in [1.54, 1.807) is 0 Å². The van der Waals surface area contributed by atoms with E-state index in [1.807, 2.05) is 18.2 Å². The van der Waals surface area contributed by atoms with Crippen LogP contribution in [0.1, 0.15) is 6.42 Å². The molecular formula is C9H12BrFN2. The zero-order valence-corrected chi connectivity index (χ0v) is 8.77. The normalized spacial score (nSPS) is 10.0. The van der Waals surface area contributed by atoms with E-state index in [9.17, 15) is 4.39 Å². The summed E-state index contributed by atoms with van der Waals surface area (Å²) in [6.07, 6.45) is 0.506. The highest BCUT2D eigenvalue weighted by molar-refractivity contribution is 9.10. The van der Waals surface area contributed by atoms with Gasteiger partial charge in [0, 0.05) is 11.0 Å². The van der Waals surface area contributed by atoms with Gasteiger partial charge in [0.2, 0.25) is 0 Å². The molecule has 2 nitrogen and oxygen atoms in total. The molecule has 0 atom stereocenters. The zero-order chi connectivity index (χ0) is 9.68. The molecule has 1 aromatic rings. The molecule has 3 N–H and O–H groups in total. The Balaban J connectivity index is 2.59. The second-order valence-corrected chi connectivity index (χ2v) is 3.62. The Morgan fingerprint density at radius 3 is 2.92 bits per heavy atom. The Morgan fingerprint density at radius 1 is 1.46 bits per heavy atom. The fourth-order valence-corrected chi connectivity index (χ4v) is 1.33. The zero-order valence-electron chi connectivity index (χ0n) is 7.19. The average molecular weight is 247 g/mol. The van der Waals surface area contributed by atoms with E-state index in [0.717, 1.165) is 10.2 Å². The molecule has 13 heavy (non-hydrogen) atoms. The molecule has 0 amide bonds. The number of hydrogen-bond donors (Lipinski definition) is 2. The number of benzene rings is 1. The summed E-state index contributed by atoms with van der Waals surface area (Å²) in [6, 6.07) is 5.56. The van der Waals surface area contributed by atoms with Crippen LogP contribution in [0.3, 0.4) is 0 Å². The summed E-state index contributed by atoms with van der Waals surface area (Å²) in [5.74, 6) is 0. The van der Waals surface area contributed by atoms with E-state index in [-0.39, 0.29) is 6.67 Å². The number of nitrogens with one attached hydrogen (secondary N) is 1. The summed E-state index contributed by atoms with van der Waals surface area (Å²) in [4.78, 5) is 0. The maximum absolute atomic E-state index is 11.8. The molecule has 0 aliphatic carbocycles. The van der Waals surface area contributed by atoms with Gasteiger partial charge in [-0.25, -0.2) is 0 Å². The minimum atomic E-state index is -0.305. The Kier molecular flexibility index (Phi) is 4.02. The fourth-order valence-electron chi connectivity index (χ4n) is 0.971. The number of rotatable bonds is 4. The van der Waals surface area contributed by atoms with Gasteiger partial charge in [-0.1, -0.05) is 15.9 Å². The molecule has 0 saturated heterocycles. The lowest BCUT2D eigenvalue weighted by Crippen LogP contribution is -2.04. The van der Waals surface area contributed by atoms with Crippen LogP contribution in [0.15, 0.2) is 22.7 Å². The standard InChI is InChI=1S/C9H12BrFN2/c10-7-2-3-8(12)9(6-7)13-5-1-4-11/h2-3,6,13H,1,4-5,12H2. The van der Waals surface area contributed by atoms with E-state index in [1.165, 1.54) is 0 Å². The minimum Gasteiger partial charge on any atom is -0.397 e. The third-order valence-electron chi connectivity index (χ3n) is 1.64. The molecule has 4 heteroatoms. The van der Waals surface area contributed by atoms with E-state index in [0.29, 0.717) is 18.7 Å². The van der Waals surface area contributed by atoms with E-state index < -0.39 is 0 Å². The first-order valence-corrected chi connectivity index (χ1v) is 4.88. The van der Waals surface area contributed by atoms with Gasteiger partial charge in [0.05, 0.1) is 18.0 Å². The van der Waals surface area contributed by atoms with Crippen LogP contribution in [-0.2, 0) is 0 Å². The molecule has 0 saturated carbocycles. The van der Waals surface area contributed by atoms with Gasteiger partial charge in [0.1, 0.15) is 0 Å². The van der Waals surface area contributed by atoms with Gasteiger partial charge in [-0.2, -0.15) is 0 Å². The van der Waals surface area contributed by atoms with Crippen molar-refractivity contribution in [3.8, 4) is 0 Å². The number of halogens is 2. The van der Waals surface area contributed by atoms with Crippen LogP contribution >= 0.6 is 15.9 Å². The van der Waals surface area contributed by atoms with Crippen LogP contribution in [0.4, 0.5) is 15.8 Å². The van der Waals surface area contributed by atoms with Crippen molar-refractivity contribution in [2.45, 2.75) is 6.42 Å². The highest BCUT2D eigenvalue weighted by atomic mass is 79.9. The van der Waals surface area contributed by atoms with Crippen molar-refractivity contribution in [3.63, 3.8) is 0 Å². The summed E-state index contributed by atoms with van der Waals surface area (Å²) in [7, 11) is 0. The Labute approximate surface area is 85.4 Å². The number of nitrogen functional groups attached to an aromatic ring is 1. The molecule has 0 radical (unpaired) electrons. The molecule has 0 heterocycles. The second-order valence-electron chi connectivity index (χ2n) is 2.70. The van der Waals surface area contributed by atoms with E-state index in [2.05, 4.69) is 21.2 Å². The number of anilines is 2. The van der Waals surface area contributed by atoms with Gasteiger partial charge in [-0.3, -0.25) is 4.39 Å². The van der Waals surface area contributed by atoms with Crippen LogP contribution in [0.25, 0.3) is 0 Å². The second kappa shape index (κ2) is 5.07. The third kappa shape index (κ3) is 3.22. The summed E-state index contributed by atoms with van der Waals surface area (Å²) >= 11 is 3.34. The van der Waals surface area contributed by atoms with Crippen LogP contribution in [0, 0.1) is 0 Å². The lowest BCUT2D eigenvalue weighted by atomic mass is 10.2. The van der Waals surface area contributed by atoms with Gasteiger partial charge in [0.15, 0.2) is 0 Å². The Hall–Kier alpha value is -0.770. The van der Waals surface area contributed by atoms with Crippen molar-refractivity contribution in [1.29, 1.82) is 0 Å². The van der Waals surface area contributed by atoms with Gasteiger partial charge >= 0.3 is 0 Å². The molecule has 0 aliphatic heterocycles. The smallest absolute Gasteiger partial charge is 0.0911 e. The first-order valence-electron chi connectivity index (χ1n) is 4.09. The van der Waals surface area contributed by atoms with E-state index in [4.69, 9.17) is 5.73 Å². The lowest BCUT2D eigenvalue weighted by Gasteiger charge is -2.08. The Morgan fingerprint density at radius 2 is 2.23 bits per heavy atom. The highest BCUT2D eigenvalue weighted by Crippen LogP contribution is 2.22. The highest BCUT2D eigenvalue weighted by Gasteiger charge is 1.98. The van der Waals surface area contributed by atoms with Gasteiger partial charge in [-0.05, 0) is 24.6 Å². The minimum absolute atomic E-state index is 0.305. The van der Waals surface area contributed by atoms with Crippen LogP contribution < -0.4 is 11.1 Å². The van der Waals surface area contributed by atoms with Crippen molar-refractivity contribution in [2.24, 2.45) is 0 Å². The maximum atomic E-state index is 11.8.